The first kappa shape index (κ1) is 15.3. The molecule has 2 aliphatic rings. The van der Waals surface area contributed by atoms with E-state index in [-0.39, 0.29) is 6.04 Å². The molecule has 5 heteroatoms. The molecule has 1 saturated carbocycles. The summed E-state index contributed by atoms with van der Waals surface area (Å²) in [5.74, 6) is 1.47. The van der Waals surface area contributed by atoms with Crippen molar-refractivity contribution in [3.8, 4) is 0 Å². The van der Waals surface area contributed by atoms with E-state index in [1.165, 1.54) is 25.7 Å². The van der Waals surface area contributed by atoms with Crippen molar-refractivity contribution in [2.24, 2.45) is 5.92 Å². The second-order valence-corrected chi connectivity index (χ2v) is 8.69. The maximum Gasteiger partial charge on any atom is 0.153 e. The minimum atomic E-state index is -2.79. The molecule has 1 aliphatic carbocycles. The van der Waals surface area contributed by atoms with Crippen molar-refractivity contribution in [3.05, 3.63) is 0 Å². The van der Waals surface area contributed by atoms with Gasteiger partial charge in [-0.1, -0.05) is 19.8 Å². The molecule has 112 valence electrons. The fraction of sp³-hybridized carbons (Fsp3) is 1.00. The third-order valence-electron chi connectivity index (χ3n) is 4.66. The molecule has 0 spiro atoms. The Bertz CT molecular complexity index is 383. The molecule has 3 unspecified atom stereocenters. The van der Waals surface area contributed by atoms with Gasteiger partial charge >= 0.3 is 0 Å². The molecule has 0 aromatic carbocycles. The highest BCUT2D eigenvalue weighted by Gasteiger charge is 2.26. The van der Waals surface area contributed by atoms with Gasteiger partial charge in [-0.2, -0.15) is 0 Å². The fourth-order valence-electron chi connectivity index (χ4n) is 3.40. The topological polar surface area (TPSA) is 49.4 Å². The van der Waals surface area contributed by atoms with Crippen molar-refractivity contribution in [3.63, 3.8) is 0 Å². The summed E-state index contributed by atoms with van der Waals surface area (Å²) >= 11 is 0. The van der Waals surface area contributed by atoms with Crippen LogP contribution in [0.25, 0.3) is 0 Å². The molecule has 4 nitrogen and oxygen atoms in total. The van der Waals surface area contributed by atoms with Crippen LogP contribution >= 0.6 is 0 Å². The summed E-state index contributed by atoms with van der Waals surface area (Å²) in [5.41, 5.74) is 0. The molecule has 1 N–H and O–H groups in total. The normalized spacial score (nSPS) is 35.4. The summed E-state index contributed by atoms with van der Waals surface area (Å²) in [6.45, 7) is 3.97. The zero-order valence-electron chi connectivity index (χ0n) is 12.3. The number of nitrogens with one attached hydrogen (secondary N) is 1. The van der Waals surface area contributed by atoms with Gasteiger partial charge in [-0.3, -0.25) is 0 Å². The summed E-state index contributed by atoms with van der Waals surface area (Å²) < 4.78 is 23.2. The third kappa shape index (κ3) is 4.72. The average Bonchev–Trinajstić information content (AvgIpc) is 2.35. The van der Waals surface area contributed by atoms with Gasteiger partial charge in [-0.25, -0.2) is 8.42 Å². The summed E-state index contributed by atoms with van der Waals surface area (Å²) in [7, 11) is -0.600. The highest BCUT2D eigenvalue weighted by Crippen LogP contribution is 2.26. The van der Waals surface area contributed by atoms with E-state index in [0.717, 1.165) is 18.9 Å². The van der Waals surface area contributed by atoms with Crippen molar-refractivity contribution in [2.75, 3.05) is 31.6 Å². The van der Waals surface area contributed by atoms with Gasteiger partial charge in [0.1, 0.15) is 0 Å². The van der Waals surface area contributed by atoms with Crippen LogP contribution in [0, 0.1) is 5.92 Å². The van der Waals surface area contributed by atoms with Crippen LogP contribution in [0.15, 0.2) is 0 Å². The molecule has 1 saturated heterocycles. The summed E-state index contributed by atoms with van der Waals surface area (Å²) in [6, 6.07) is 0.853. The minimum absolute atomic E-state index is 0.155. The van der Waals surface area contributed by atoms with Crippen LogP contribution in [0.2, 0.25) is 0 Å². The zero-order chi connectivity index (χ0) is 13.9. The second kappa shape index (κ2) is 6.55. The molecule has 0 bridgehead atoms. The molecular formula is C14H28N2O2S. The third-order valence-corrected chi connectivity index (χ3v) is 6.40. The highest BCUT2D eigenvalue weighted by molar-refractivity contribution is 7.91. The number of hydrogen-bond acceptors (Lipinski definition) is 4. The molecule has 1 heterocycles. The van der Waals surface area contributed by atoms with E-state index in [4.69, 9.17) is 0 Å². The smallest absolute Gasteiger partial charge is 0.153 e. The Labute approximate surface area is 117 Å². The first-order valence-electron chi connectivity index (χ1n) is 7.60. The zero-order valence-corrected chi connectivity index (χ0v) is 13.1. The first-order valence-corrected chi connectivity index (χ1v) is 9.42. The summed E-state index contributed by atoms with van der Waals surface area (Å²) in [4.78, 5) is 2.44. The van der Waals surface area contributed by atoms with Crippen LogP contribution < -0.4 is 5.32 Å². The Morgan fingerprint density at radius 2 is 2.11 bits per heavy atom. The van der Waals surface area contributed by atoms with Gasteiger partial charge in [0, 0.05) is 18.6 Å². The van der Waals surface area contributed by atoms with Crippen molar-refractivity contribution >= 4 is 9.84 Å². The van der Waals surface area contributed by atoms with Crippen LogP contribution in [-0.4, -0.2) is 57.0 Å². The molecule has 0 radical (unpaired) electrons. The van der Waals surface area contributed by atoms with Gasteiger partial charge in [-0.05, 0) is 38.8 Å². The predicted octanol–water partition coefficient (Wildman–Crippen LogP) is 1.27. The first-order chi connectivity index (χ1) is 8.96. The van der Waals surface area contributed by atoms with Gasteiger partial charge in [0.15, 0.2) is 9.84 Å². The Hall–Kier alpha value is -0.130. The number of nitrogens with zero attached hydrogens (tertiary/aromatic N) is 1. The van der Waals surface area contributed by atoms with Crippen molar-refractivity contribution in [1.82, 2.24) is 10.2 Å². The molecule has 0 aromatic rings. The lowest BCUT2D eigenvalue weighted by Crippen LogP contribution is -2.47. The molecule has 19 heavy (non-hydrogen) atoms. The van der Waals surface area contributed by atoms with E-state index >= 15 is 0 Å². The Morgan fingerprint density at radius 3 is 2.79 bits per heavy atom. The van der Waals surface area contributed by atoms with Gasteiger partial charge in [0.2, 0.25) is 0 Å². The van der Waals surface area contributed by atoms with Crippen molar-refractivity contribution in [1.29, 1.82) is 0 Å². The van der Waals surface area contributed by atoms with Gasteiger partial charge in [0.25, 0.3) is 0 Å². The SMILES string of the molecule is CC1CCCC(N(C)CCC2CS(=O)(=O)CCN2)C1. The van der Waals surface area contributed by atoms with Crippen LogP contribution in [-0.2, 0) is 9.84 Å². The van der Waals surface area contributed by atoms with E-state index in [1.54, 1.807) is 0 Å². The van der Waals surface area contributed by atoms with Gasteiger partial charge in [-0.15, -0.1) is 0 Å². The second-order valence-electron chi connectivity index (χ2n) is 6.46. The number of sulfone groups is 1. The molecule has 3 atom stereocenters. The lowest BCUT2D eigenvalue weighted by Gasteiger charge is -2.35. The van der Waals surface area contributed by atoms with Crippen molar-refractivity contribution < 1.29 is 8.42 Å². The molecule has 2 rings (SSSR count). The fourth-order valence-corrected chi connectivity index (χ4v) is 4.89. The largest absolute Gasteiger partial charge is 0.312 e. The Kier molecular flexibility index (Phi) is 5.26. The summed E-state index contributed by atoms with van der Waals surface area (Å²) in [5, 5.41) is 3.34. The van der Waals surface area contributed by atoms with E-state index in [0.29, 0.717) is 24.1 Å². The van der Waals surface area contributed by atoms with Crippen molar-refractivity contribution in [2.45, 2.75) is 51.1 Å². The molecule has 2 fully saturated rings. The van der Waals surface area contributed by atoms with E-state index in [9.17, 15) is 8.42 Å². The highest BCUT2D eigenvalue weighted by atomic mass is 32.2. The lowest BCUT2D eigenvalue weighted by atomic mass is 9.86. The maximum absolute atomic E-state index is 11.6. The van der Waals surface area contributed by atoms with Gasteiger partial charge < -0.3 is 10.2 Å². The molecule has 1 aliphatic heterocycles. The van der Waals surface area contributed by atoms with E-state index in [1.807, 2.05) is 0 Å². The monoisotopic (exact) mass is 288 g/mol. The van der Waals surface area contributed by atoms with E-state index < -0.39 is 9.84 Å². The standard InChI is InChI=1S/C14H28N2O2S/c1-12-4-3-5-14(10-12)16(2)8-6-13-11-19(17,18)9-7-15-13/h12-15H,3-11H2,1-2H3. The molecule has 0 aromatic heterocycles. The Balaban J connectivity index is 1.75. The minimum Gasteiger partial charge on any atom is -0.312 e. The van der Waals surface area contributed by atoms with Crippen LogP contribution in [0.5, 0.6) is 0 Å². The predicted molar refractivity (Wildman–Crippen MR) is 79.1 cm³/mol. The van der Waals surface area contributed by atoms with E-state index in [2.05, 4.69) is 24.2 Å². The maximum atomic E-state index is 11.6. The van der Waals surface area contributed by atoms with Crippen LogP contribution in [0.3, 0.4) is 0 Å². The Morgan fingerprint density at radius 1 is 1.32 bits per heavy atom. The number of hydrogen-bond donors (Lipinski definition) is 1. The summed E-state index contributed by atoms with van der Waals surface area (Å²) in [6.07, 6.45) is 6.25. The van der Waals surface area contributed by atoms with Gasteiger partial charge in [0.05, 0.1) is 11.5 Å². The quantitative estimate of drug-likeness (QED) is 0.846. The average molecular weight is 288 g/mol. The lowest BCUT2D eigenvalue weighted by molar-refractivity contribution is 0.159. The molecular weight excluding hydrogens is 260 g/mol. The number of rotatable bonds is 4. The van der Waals surface area contributed by atoms with Crippen LogP contribution in [0.4, 0.5) is 0 Å². The molecule has 0 amide bonds. The van der Waals surface area contributed by atoms with Crippen LogP contribution in [0.1, 0.15) is 39.0 Å².